The maximum absolute atomic E-state index is 12.8. The quantitative estimate of drug-likeness (QED) is 0.546. The van der Waals surface area contributed by atoms with Crippen LogP contribution in [0.2, 0.25) is 0 Å². The fourth-order valence-electron chi connectivity index (χ4n) is 3.02. The molecule has 0 spiro atoms. The van der Waals surface area contributed by atoms with E-state index in [1.54, 1.807) is 23.1 Å². The Morgan fingerprint density at radius 3 is 2.27 bits per heavy atom. The number of carbonyl (C=O) groups excluding carboxylic acids is 2. The smallest absolute Gasteiger partial charge is 0.339 e. The molecule has 2 aromatic rings. The van der Waals surface area contributed by atoms with Crippen LogP contribution in [0, 0.1) is 0 Å². The molecule has 2 N–H and O–H groups in total. The topological polar surface area (TPSA) is 105 Å². The molecule has 0 radical (unpaired) electrons. The molecule has 180 valence electrons. The summed E-state index contributed by atoms with van der Waals surface area (Å²) in [5.74, 6) is -0.0972. The van der Waals surface area contributed by atoms with Gasteiger partial charge in [-0.25, -0.2) is 4.79 Å². The van der Waals surface area contributed by atoms with Gasteiger partial charge in [-0.15, -0.1) is 0 Å². The zero-order chi connectivity index (χ0) is 24.8. The first-order valence-electron chi connectivity index (χ1n) is 10.8. The van der Waals surface area contributed by atoms with Crippen molar-refractivity contribution in [2.75, 3.05) is 5.32 Å². The molecule has 0 fully saturated rings. The second-order valence-corrected chi connectivity index (χ2v) is 10.5. The minimum absolute atomic E-state index is 0.0113. The van der Waals surface area contributed by atoms with E-state index in [-0.39, 0.29) is 34.2 Å². The number of amides is 3. The molecule has 0 aliphatic heterocycles. The summed E-state index contributed by atoms with van der Waals surface area (Å²) >= 11 is 0. The molecule has 2 aromatic carbocycles. The Morgan fingerprint density at radius 2 is 1.73 bits per heavy atom. The van der Waals surface area contributed by atoms with Gasteiger partial charge >= 0.3 is 16.1 Å². The van der Waals surface area contributed by atoms with Crippen molar-refractivity contribution in [3.05, 3.63) is 54.1 Å². The van der Waals surface area contributed by atoms with Crippen LogP contribution in [0.5, 0.6) is 5.75 Å². The number of urea groups is 1. The number of nitrogens with zero attached hydrogens (tertiary/aromatic N) is 1. The number of hydrogen-bond donors (Lipinski definition) is 2. The molecule has 0 heterocycles. The summed E-state index contributed by atoms with van der Waals surface area (Å²) in [4.78, 5) is 25.6. The van der Waals surface area contributed by atoms with Gasteiger partial charge in [-0.05, 0) is 76.1 Å². The maximum atomic E-state index is 12.8. The summed E-state index contributed by atoms with van der Waals surface area (Å²) in [7, 11) is -4.07. The van der Waals surface area contributed by atoms with E-state index in [0.717, 1.165) is 12.0 Å². The van der Waals surface area contributed by atoms with E-state index in [4.69, 9.17) is 4.18 Å². The Bertz CT molecular complexity index is 1080. The fourth-order valence-corrected chi connectivity index (χ4v) is 3.94. The Labute approximate surface area is 196 Å². The van der Waals surface area contributed by atoms with Crippen LogP contribution in [0.4, 0.5) is 10.5 Å². The Balaban J connectivity index is 2.20. The lowest BCUT2D eigenvalue weighted by Gasteiger charge is -2.32. The predicted octanol–water partition coefficient (Wildman–Crippen LogP) is 4.52. The second-order valence-electron chi connectivity index (χ2n) is 8.96. The zero-order valence-corrected chi connectivity index (χ0v) is 20.8. The lowest BCUT2D eigenvalue weighted by Crippen LogP contribution is -2.50. The molecular formula is C24H33N3O5S. The highest BCUT2D eigenvalue weighted by atomic mass is 32.2. The van der Waals surface area contributed by atoms with E-state index in [1.165, 1.54) is 31.2 Å². The molecular weight excluding hydrogens is 442 g/mol. The van der Waals surface area contributed by atoms with Crippen LogP contribution in [-0.4, -0.2) is 36.8 Å². The summed E-state index contributed by atoms with van der Waals surface area (Å²) in [6, 6.07) is 12.2. The summed E-state index contributed by atoms with van der Waals surface area (Å²) in [6.45, 7) is 11.4. The Kier molecular flexibility index (Phi) is 8.49. The standard InChI is InChI=1S/C24H33N3O5S/c1-7-17(2)27(23(29)26-24(4,5)6)16-19-9-8-10-21(15-19)32-33(30,31)22-13-11-20(12-14-22)25-18(3)28/h8-15,17H,7,16H2,1-6H3,(H,25,28)(H,26,29). The molecule has 0 saturated carbocycles. The number of rotatable bonds is 8. The zero-order valence-electron chi connectivity index (χ0n) is 20.0. The average molecular weight is 476 g/mol. The molecule has 9 heteroatoms. The molecule has 8 nitrogen and oxygen atoms in total. The summed E-state index contributed by atoms with van der Waals surface area (Å²) in [5.41, 5.74) is 0.854. The van der Waals surface area contributed by atoms with Gasteiger partial charge in [-0.2, -0.15) is 8.42 Å². The Hall–Kier alpha value is -3.07. The van der Waals surface area contributed by atoms with Crippen LogP contribution < -0.4 is 14.8 Å². The molecule has 2 rings (SSSR count). The van der Waals surface area contributed by atoms with Crippen LogP contribution in [0.25, 0.3) is 0 Å². The van der Waals surface area contributed by atoms with Gasteiger partial charge in [0.2, 0.25) is 5.91 Å². The van der Waals surface area contributed by atoms with Crippen molar-refractivity contribution in [3.8, 4) is 5.75 Å². The van der Waals surface area contributed by atoms with Gasteiger partial charge in [0.15, 0.2) is 0 Å². The molecule has 0 saturated heterocycles. The summed E-state index contributed by atoms with van der Waals surface area (Å²) in [6.07, 6.45) is 0.774. The van der Waals surface area contributed by atoms with E-state index < -0.39 is 10.1 Å². The third-order valence-electron chi connectivity index (χ3n) is 4.79. The number of anilines is 1. The van der Waals surface area contributed by atoms with Gasteiger partial charge in [0, 0.05) is 30.7 Å². The number of nitrogens with one attached hydrogen (secondary N) is 2. The SMILES string of the molecule is CCC(C)N(Cc1cccc(OS(=O)(=O)c2ccc(NC(C)=O)cc2)c1)C(=O)NC(C)(C)C. The van der Waals surface area contributed by atoms with Crippen LogP contribution >= 0.6 is 0 Å². The van der Waals surface area contributed by atoms with Crippen LogP contribution in [0.3, 0.4) is 0 Å². The van der Waals surface area contributed by atoms with Crippen molar-refractivity contribution in [2.24, 2.45) is 0 Å². The molecule has 0 aromatic heterocycles. The number of hydrogen-bond acceptors (Lipinski definition) is 5. The molecule has 0 aliphatic carbocycles. The minimum Gasteiger partial charge on any atom is -0.379 e. The van der Waals surface area contributed by atoms with E-state index >= 15 is 0 Å². The van der Waals surface area contributed by atoms with Gasteiger partial charge < -0.3 is 19.7 Å². The van der Waals surface area contributed by atoms with Crippen LogP contribution in [0.15, 0.2) is 53.4 Å². The third-order valence-corrected chi connectivity index (χ3v) is 6.05. The first-order chi connectivity index (χ1) is 15.3. The van der Waals surface area contributed by atoms with Gasteiger partial charge in [0.1, 0.15) is 10.6 Å². The van der Waals surface area contributed by atoms with Gasteiger partial charge in [0.25, 0.3) is 0 Å². The normalized spacial score (nSPS) is 12.5. The molecule has 3 amide bonds. The minimum atomic E-state index is -4.07. The van der Waals surface area contributed by atoms with Crippen molar-refractivity contribution in [2.45, 2.75) is 71.0 Å². The summed E-state index contributed by atoms with van der Waals surface area (Å²) < 4.78 is 30.7. The van der Waals surface area contributed by atoms with Crippen LogP contribution in [0.1, 0.15) is 53.5 Å². The largest absolute Gasteiger partial charge is 0.379 e. The van der Waals surface area contributed by atoms with Gasteiger partial charge in [-0.1, -0.05) is 19.1 Å². The van der Waals surface area contributed by atoms with Crippen LogP contribution in [-0.2, 0) is 21.5 Å². The number of benzene rings is 2. The van der Waals surface area contributed by atoms with Crippen molar-refractivity contribution >= 4 is 27.7 Å². The molecule has 33 heavy (non-hydrogen) atoms. The molecule has 1 atom stereocenters. The molecule has 0 bridgehead atoms. The Morgan fingerprint density at radius 1 is 1.09 bits per heavy atom. The highest BCUT2D eigenvalue weighted by Crippen LogP contribution is 2.23. The van der Waals surface area contributed by atoms with E-state index in [1.807, 2.05) is 40.7 Å². The van der Waals surface area contributed by atoms with E-state index in [2.05, 4.69) is 10.6 Å². The number of carbonyl (C=O) groups is 2. The third kappa shape index (κ3) is 8.09. The molecule has 1 unspecified atom stereocenters. The lowest BCUT2D eigenvalue weighted by atomic mass is 10.1. The highest BCUT2D eigenvalue weighted by molar-refractivity contribution is 7.87. The molecule has 0 aliphatic rings. The van der Waals surface area contributed by atoms with Gasteiger partial charge in [-0.3, -0.25) is 4.79 Å². The maximum Gasteiger partial charge on any atom is 0.339 e. The monoisotopic (exact) mass is 475 g/mol. The first kappa shape index (κ1) is 26.2. The van der Waals surface area contributed by atoms with Gasteiger partial charge in [0.05, 0.1) is 0 Å². The predicted molar refractivity (Wildman–Crippen MR) is 129 cm³/mol. The fraction of sp³-hybridized carbons (Fsp3) is 0.417. The summed E-state index contributed by atoms with van der Waals surface area (Å²) in [5, 5.41) is 5.56. The highest BCUT2D eigenvalue weighted by Gasteiger charge is 2.24. The first-order valence-corrected chi connectivity index (χ1v) is 12.2. The second kappa shape index (κ2) is 10.7. The van der Waals surface area contributed by atoms with E-state index in [0.29, 0.717) is 12.2 Å². The van der Waals surface area contributed by atoms with Crippen molar-refractivity contribution < 1.29 is 22.2 Å². The average Bonchev–Trinajstić information content (AvgIpc) is 2.70. The van der Waals surface area contributed by atoms with E-state index in [9.17, 15) is 18.0 Å². The lowest BCUT2D eigenvalue weighted by molar-refractivity contribution is -0.114. The van der Waals surface area contributed by atoms with Crippen molar-refractivity contribution in [1.29, 1.82) is 0 Å². The van der Waals surface area contributed by atoms with Crippen molar-refractivity contribution in [1.82, 2.24) is 10.2 Å². The van der Waals surface area contributed by atoms with Crippen molar-refractivity contribution in [3.63, 3.8) is 0 Å².